The summed E-state index contributed by atoms with van der Waals surface area (Å²) in [6, 6.07) is 11.5. The second kappa shape index (κ2) is 7.60. The number of nitrogens with zero attached hydrogens (tertiary/aromatic N) is 3. The molecular weight excluding hydrogens is 330 g/mol. The van der Waals surface area contributed by atoms with Crippen LogP contribution < -0.4 is 10.6 Å². The van der Waals surface area contributed by atoms with Crippen molar-refractivity contribution in [2.45, 2.75) is 13.8 Å². The highest BCUT2D eigenvalue weighted by Gasteiger charge is 2.10. The van der Waals surface area contributed by atoms with E-state index in [0.29, 0.717) is 11.5 Å². The number of aryl methyl sites for hydroxylation is 1. The summed E-state index contributed by atoms with van der Waals surface area (Å²) in [5, 5.41) is 14.9. The van der Waals surface area contributed by atoms with Crippen LogP contribution in [0.25, 0.3) is 11.3 Å². The minimum absolute atomic E-state index is 0.238. The Bertz CT molecular complexity index is 928. The summed E-state index contributed by atoms with van der Waals surface area (Å²) in [7, 11) is 0. The number of carboxylic acid groups (broad SMARTS) is 1. The number of anilines is 3. The number of carboxylic acids is 1. The van der Waals surface area contributed by atoms with Gasteiger partial charge in [-0.3, -0.25) is 9.78 Å². The maximum atomic E-state index is 10.8. The fraction of sp³-hybridized carbons (Fsp3) is 0.158. The third-order valence-corrected chi connectivity index (χ3v) is 3.95. The Hall–Kier alpha value is -3.48. The SMILES string of the molecule is Cc1cccc(Nc2cc(-c3cccnc3)nc(NCC(=O)O)n2)c1C. The van der Waals surface area contributed by atoms with Crippen LogP contribution in [0.1, 0.15) is 11.1 Å². The first kappa shape index (κ1) is 17.3. The topological polar surface area (TPSA) is 100 Å². The van der Waals surface area contributed by atoms with Gasteiger partial charge in [0.2, 0.25) is 5.95 Å². The quantitative estimate of drug-likeness (QED) is 0.627. The van der Waals surface area contributed by atoms with Crippen molar-refractivity contribution in [2.24, 2.45) is 0 Å². The minimum Gasteiger partial charge on any atom is -0.480 e. The van der Waals surface area contributed by atoms with Crippen LogP contribution in [0.15, 0.2) is 48.8 Å². The molecule has 3 rings (SSSR count). The molecule has 7 nitrogen and oxygen atoms in total. The molecule has 2 aromatic heterocycles. The van der Waals surface area contributed by atoms with Gasteiger partial charge in [0.05, 0.1) is 5.69 Å². The van der Waals surface area contributed by atoms with E-state index in [-0.39, 0.29) is 12.5 Å². The molecule has 0 aliphatic rings. The Morgan fingerprint density at radius 1 is 1.15 bits per heavy atom. The summed E-state index contributed by atoms with van der Waals surface area (Å²) in [5.74, 6) is -0.175. The standard InChI is InChI=1S/C19H19N5O2/c1-12-5-3-7-15(13(12)2)22-17-9-16(14-6-4-8-20-10-14)23-19(24-17)21-11-18(25)26/h3-10H,11H2,1-2H3,(H,25,26)(H2,21,22,23,24). The van der Waals surface area contributed by atoms with Crippen LogP contribution in [0, 0.1) is 13.8 Å². The van der Waals surface area contributed by atoms with Crippen LogP contribution in [0.3, 0.4) is 0 Å². The molecule has 0 aliphatic heterocycles. The molecule has 26 heavy (non-hydrogen) atoms. The van der Waals surface area contributed by atoms with E-state index in [0.717, 1.165) is 16.8 Å². The van der Waals surface area contributed by atoms with Crippen LogP contribution in [-0.4, -0.2) is 32.6 Å². The van der Waals surface area contributed by atoms with Gasteiger partial charge in [-0.25, -0.2) is 4.98 Å². The number of hydrogen-bond acceptors (Lipinski definition) is 6. The summed E-state index contributed by atoms with van der Waals surface area (Å²) >= 11 is 0. The number of aliphatic carboxylic acids is 1. The van der Waals surface area contributed by atoms with Crippen molar-refractivity contribution >= 4 is 23.4 Å². The smallest absolute Gasteiger partial charge is 0.322 e. The molecule has 1 aromatic carbocycles. The molecular formula is C19H19N5O2. The van der Waals surface area contributed by atoms with E-state index < -0.39 is 5.97 Å². The number of pyridine rings is 1. The molecule has 0 saturated carbocycles. The zero-order valence-electron chi connectivity index (χ0n) is 14.5. The summed E-state index contributed by atoms with van der Waals surface area (Å²) in [6.07, 6.45) is 3.38. The van der Waals surface area contributed by atoms with Crippen molar-refractivity contribution in [2.75, 3.05) is 17.2 Å². The van der Waals surface area contributed by atoms with Gasteiger partial charge in [-0.1, -0.05) is 12.1 Å². The second-order valence-electron chi connectivity index (χ2n) is 5.82. The third-order valence-electron chi connectivity index (χ3n) is 3.95. The lowest BCUT2D eigenvalue weighted by Crippen LogP contribution is -2.15. The van der Waals surface area contributed by atoms with Crippen molar-refractivity contribution in [1.82, 2.24) is 15.0 Å². The summed E-state index contributed by atoms with van der Waals surface area (Å²) < 4.78 is 0. The van der Waals surface area contributed by atoms with E-state index in [4.69, 9.17) is 5.11 Å². The molecule has 3 N–H and O–H groups in total. The Morgan fingerprint density at radius 3 is 2.73 bits per heavy atom. The molecule has 2 heterocycles. The largest absolute Gasteiger partial charge is 0.480 e. The van der Waals surface area contributed by atoms with Crippen molar-refractivity contribution in [1.29, 1.82) is 0 Å². The number of hydrogen-bond donors (Lipinski definition) is 3. The molecule has 3 aromatic rings. The van der Waals surface area contributed by atoms with Gasteiger partial charge in [0, 0.05) is 29.7 Å². The molecule has 7 heteroatoms. The van der Waals surface area contributed by atoms with Crippen LogP contribution >= 0.6 is 0 Å². The predicted octanol–water partition coefficient (Wildman–Crippen LogP) is 3.40. The van der Waals surface area contributed by atoms with Crippen LogP contribution in [0.5, 0.6) is 0 Å². The molecule has 0 fully saturated rings. The van der Waals surface area contributed by atoms with E-state index >= 15 is 0 Å². The molecule has 0 aliphatic carbocycles. The lowest BCUT2D eigenvalue weighted by Gasteiger charge is -2.13. The van der Waals surface area contributed by atoms with E-state index in [1.165, 1.54) is 5.56 Å². The first-order valence-corrected chi connectivity index (χ1v) is 8.11. The van der Waals surface area contributed by atoms with E-state index in [2.05, 4.69) is 25.6 Å². The zero-order chi connectivity index (χ0) is 18.5. The number of rotatable bonds is 6. The van der Waals surface area contributed by atoms with Crippen LogP contribution in [-0.2, 0) is 4.79 Å². The average Bonchev–Trinajstić information content (AvgIpc) is 2.64. The number of benzene rings is 1. The van der Waals surface area contributed by atoms with E-state index in [1.54, 1.807) is 12.4 Å². The predicted molar refractivity (Wildman–Crippen MR) is 101 cm³/mol. The Balaban J connectivity index is 1.99. The first-order chi connectivity index (χ1) is 12.5. The monoisotopic (exact) mass is 349 g/mol. The molecule has 0 saturated heterocycles. The minimum atomic E-state index is -0.982. The van der Waals surface area contributed by atoms with Crippen molar-refractivity contribution in [3.05, 3.63) is 59.9 Å². The summed E-state index contributed by atoms with van der Waals surface area (Å²) in [4.78, 5) is 23.7. The maximum Gasteiger partial charge on any atom is 0.322 e. The highest BCUT2D eigenvalue weighted by Crippen LogP contribution is 2.25. The molecule has 0 bridgehead atoms. The second-order valence-corrected chi connectivity index (χ2v) is 5.82. The van der Waals surface area contributed by atoms with Crippen molar-refractivity contribution in [3.8, 4) is 11.3 Å². The van der Waals surface area contributed by atoms with Gasteiger partial charge in [0.15, 0.2) is 0 Å². The molecule has 0 atom stereocenters. The molecule has 0 amide bonds. The van der Waals surface area contributed by atoms with Crippen LogP contribution in [0.2, 0.25) is 0 Å². The Labute approximate surface area is 151 Å². The van der Waals surface area contributed by atoms with Crippen molar-refractivity contribution in [3.63, 3.8) is 0 Å². The van der Waals surface area contributed by atoms with Gasteiger partial charge < -0.3 is 15.7 Å². The number of nitrogens with one attached hydrogen (secondary N) is 2. The zero-order valence-corrected chi connectivity index (χ0v) is 14.5. The molecule has 132 valence electrons. The normalized spacial score (nSPS) is 10.4. The number of aromatic nitrogens is 3. The summed E-state index contributed by atoms with van der Waals surface area (Å²) in [5.41, 5.74) is 4.69. The third kappa shape index (κ3) is 4.13. The lowest BCUT2D eigenvalue weighted by molar-refractivity contribution is -0.134. The fourth-order valence-corrected chi connectivity index (χ4v) is 2.43. The van der Waals surface area contributed by atoms with E-state index in [1.807, 2.05) is 50.2 Å². The van der Waals surface area contributed by atoms with Gasteiger partial charge in [-0.2, -0.15) is 4.98 Å². The van der Waals surface area contributed by atoms with Gasteiger partial charge >= 0.3 is 5.97 Å². The lowest BCUT2D eigenvalue weighted by atomic mass is 10.1. The first-order valence-electron chi connectivity index (χ1n) is 8.11. The molecule has 0 unspecified atom stereocenters. The average molecular weight is 349 g/mol. The molecule has 0 radical (unpaired) electrons. The van der Waals surface area contributed by atoms with Crippen molar-refractivity contribution < 1.29 is 9.90 Å². The Morgan fingerprint density at radius 2 is 2.00 bits per heavy atom. The fourth-order valence-electron chi connectivity index (χ4n) is 2.43. The van der Waals surface area contributed by atoms with Gasteiger partial charge in [-0.15, -0.1) is 0 Å². The van der Waals surface area contributed by atoms with E-state index in [9.17, 15) is 4.79 Å². The molecule has 0 spiro atoms. The highest BCUT2D eigenvalue weighted by molar-refractivity contribution is 5.73. The van der Waals surface area contributed by atoms with Gasteiger partial charge in [0.25, 0.3) is 0 Å². The Kier molecular flexibility index (Phi) is 5.07. The van der Waals surface area contributed by atoms with Gasteiger partial charge in [0.1, 0.15) is 12.4 Å². The van der Waals surface area contributed by atoms with Crippen LogP contribution in [0.4, 0.5) is 17.5 Å². The highest BCUT2D eigenvalue weighted by atomic mass is 16.4. The summed E-state index contributed by atoms with van der Waals surface area (Å²) in [6.45, 7) is 3.81. The maximum absolute atomic E-state index is 10.8. The van der Waals surface area contributed by atoms with Gasteiger partial charge in [-0.05, 0) is 43.2 Å². The number of carbonyl (C=O) groups is 1.